The monoisotopic (exact) mass is 432 g/mol. The molecule has 4 aromatic heterocycles. The molecule has 32 heavy (non-hydrogen) atoms. The second kappa shape index (κ2) is 8.85. The molecule has 0 atom stereocenters. The molecule has 4 N–H and O–H groups in total. The van der Waals surface area contributed by atoms with Crippen LogP contribution in [0.15, 0.2) is 36.9 Å². The smallest absolute Gasteiger partial charge is 0.365 e. The summed E-state index contributed by atoms with van der Waals surface area (Å²) in [6.07, 6.45) is 5.42. The predicted octanol–water partition coefficient (Wildman–Crippen LogP) is 1.69. The van der Waals surface area contributed by atoms with E-state index in [9.17, 15) is 0 Å². The first-order valence-corrected chi connectivity index (χ1v) is 10.6. The molecule has 4 aromatic rings. The fourth-order valence-corrected chi connectivity index (χ4v) is 3.89. The topological polar surface area (TPSA) is 118 Å². The molecule has 5 heterocycles. The van der Waals surface area contributed by atoms with Crippen molar-refractivity contribution in [3.63, 3.8) is 0 Å². The number of hydrogen-bond donors (Lipinski definition) is 3. The lowest BCUT2D eigenvalue weighted by atomic mass is 10.1. The van der Waals surface area contributed by atoms with Crippen LogP contribution in [0.2, 0.25) is 0 Å². The third-order valence-corrected chi connectivity index (χ3v) is 5.48. The van der Waals surface area contributed by atoms with E-state index < -0.39 is 0 Å². The molecule has 0 aliphatic carbocycles. The Morgan fingerprint density at radius 1 is 1.19 bits per heavy atom. The number of aromatic nitrogens is 6. The Bertz CT molecular complexity index is 1220. The SMILES string of the molecule is COc1ccc(Nc2ncc(CN3CCNCC3)cc2-c2nc(C)nc3nc[nH]c23)c[nH+]1. The van der Waals surface area contributed by atoms with Gasteiger partial charge in [-0.05, 0) is 24.6 Å². The van der Waals surface area contributed by atoms with Crippen molar-refractivity contribution in [3.05, 3.63) is 48.3 Å². The molecule has 0 unspecified atom stereocenters. The van der Waals surface area contributed by atoms with E-state index in [0.717, 1.165) is 60.7 Å². The number of nitrogens with one attached hydrogen (secondary N) is 4. The standard InChI is InChI=1S/C22H25N9O/c1-14-28-19(20-22(29-14)27-13-26-20)17-9-15(12-31-7-5-23-6-8-31)10-25-21(17)30-16-3-4-18(32-2)24-11-16/h3-4,9-11,13,23H,5-8,12H2,1-2H3,(H,25,30)(H,26,27,28,29)/p+1. The van der Waals surface area contributed by atoms with Crippen LogP contribution in [0, 0.1) is 6.92 Å². The maximum Gasteiger partial charge on any atom is 0.365 e. The minimum atomic E-state index is 0.642. The van der Waals surface area contributed by atoms with Gasteiger partial charge in [-0.25, -0.2) is 19.9 Å². The number of fused-ring (bicyclic) bond motifs is 1. The largest absolute Gasteiger partial charge is 0.448 e. The van der Waals surface area contributed by atoms with Gasteiger partial charge in [-0.15, -0.1) is 0 Å². The highest BCUT2D eigenvalue weighted by molar-refractivity contribution is 5.91. The van der Waals surface area contributed by atoms with E-state index in [2.05, 4.69) is 41.5 Å². The first kappa shape index (κ1) is 20.3. The fourth-order valence-electron chi connectivity index (χ4n) is 3.89. The quantitative estimate of drug-likeness (QED) is 0.421. The van der Waals surface area contributed by atoms with Crippen molar-refractivity contribution in [1.82, 2.24) is 35.1 Å². The van der Waals surface area contributed by atoms with Crippen LogP contribution in [0.25, 0.3) is 22.4 Å². The van der Waals surface area contributed by atoms with Gasteiger partial charge in [-0.3, -0.25) is 4.90 Å². The summed E-state index contributed by atoms with van der Waals surface area (Å²) in [6, 6.07) is 5.96. The summed E-state index contributed by atoms with van der Waals surface area (Å²) >= 11 is 0. The van der Waals surface area contributed by atoms with Crippen LogP contribution in [-0.4, -0.2) is 63.1 Å². The highest BCUT2D eigenvalue weighted by Gasteiger charge is 2.18. The first-order chi connectivity index (χ1) is 15.7. The lowest BCUT2D eigenvalue weighted by molar-refractivity contribution is -0.392. The van der Waals surface area contributed by atoms with Crippen molar-refractivity contribution in [2.75, 3.05) is 38.6 Å². The molecule has 164 valence electrons. The van der Waals surface area contributed by atoms with Gasteiger partial charge in [0.15, 0.2) is 11.8 Å². The zero-order valence-electron chi connectivity index (χ0n) is 18.1. The number of aromatic amines is 2. The zero-order chi connectivity index (χ0) is 21.9. The number of rotatable bonds is 6. The Morgan fingerprint density at radius 3 is 2.84 bits per heavy atom. The van der Waals surface area contributed by atoms with Gasteiger partial charge < -0.3 is 20.4 Å². The van der Waals surface area contributed by atoms with E-state index in [1.165, 1.54) is 0 Å². The van der Waals surface area contributed by atoms with Crippen LogP contribution in [0.3, 0.4) is 0 Å². The van der Waals surface area contributed by atoms with E-state index in [1.54, 1.807) is 13.4 Å². The lowest BCUT2D eigenvalue weighted by Crippen LogP contribution is -2.42. The molecular formula is C22H26N9O+. The van der Waals surface area contributed by atoms with Gasteiger partial charge in [-0.2, -0.15) is 4.98 Å². The summed E-state index contributed by atoms with van der Waals surface area (Å²) in [5, 5.41) is 6.81. The number of piperazine rings is 1. The number of methoxy groups -OCH3 is 1. The number of H-pyrrole nitrogens is 2. The summed E-state index contributed by atoms with van der Waals surface area (Å²) in [6.45, 7) is 6.78. The minimum Gasteiger partial charge on any atom is -0.448 e. The first-order valence-electron chi connectivity index (χ1n) is 10.6. The highest BCUT2D eigenvalue weighted by atomic mass is 16.5. The summed E-state index contributed by atoms with van der Waals surface area (Å²) in [5.74, 6) is 2.05. The molecule has 0 radical (unpaired) electrons. The zero-order valence-corrected chi connectivity index (χ0v) is 18.1. The van der Waals surface area contributed by atoms with Crippen LogP contribution in [-0.2, 0) is 6.54 Å². The third kappa shape index (κ3) is 4.23. The van der Waals surface area contributed by atoms with Crippen LogP contribution in [0.5, 0.6) is 5.88 Å². The fraction of sp³-hybridized carbons (Fsp3) is 0.318. The van der Waals surface area contributed by atoms with Gasteiger partial charge in [0.25, 0.3) is 0 Å². The van der Waals surface area contributed by atoms with Gasteiger partial charge in [0.05, 0.1) is 19.5 Å². The summed E-state index contributed by atoms with van der Waals surface area (Å²) in [4.78, 5) is 27.0. The second-order valence-corrected chi connectivity index (χ2v) is 7.76. The number of pyridine rings is 2. The predicted molar refractivity (Wildman–Crippen MR) is 121 cm³/mol. The number of nitrogens with zero attached hydrogens (tertiary/aromatic N) is 5. The van der Waals surface area contributed by atoms with Gasteiger partial charge in [0.1, 0.15) is 28.5 Å². The molecular weight excluding hydrogens is 406 g/mol. The number of aryl methyl sites for hydroxylation is 1. The molecule has 0 bridgehead atoms. The van der Waals surface area contributed by atoms with Gasteiger partial charge in [0.2, 0.25) is 0 Å². The number of hydrogen-bond acceptors (Lipinski definition) is 8. The molecule has 1 aliphatic heterocycles. The Morgan fingerprint density at radius 2 is 2.06 bits per heavy atom. The van der Waals surface area contributed by atoms with Crippen molar-refractivity contribution < 1.29 is 9.72 Å². The molecule has 5 rings (SSSR count). The maximum atomic E-state index is 5.22. The Kier molecular flexibility index (Phi) is 5.61. The average molecular weight is 433 g/mol. The van der Waals surface area contributed by atoms with Crippen molar-refractivity contribution in [2.45, 2.75) is 13.5 Å². The Labute approximate surface area is 185 Å². The molecule has 0 amide bonds. The molecule has 10 heteroatoms. The van der Waals surface area contributed by atoms with Crippen LogP contribution in [0.1, 0.15) is 11.4 Å². The van der Waals surface area contributed by atoms with E-state index >= 15 is 0 Å². The highest BCUT2D eigenvalue weighted by Crippen LogP contribution is 2.32. The molecule has 1 fully saturated rings. The molecule has 10 nitrogen and oxygen atoms in total. The Hall–Kier alpha value is -3.63. The third-order valence-electron chi connectivity index (χ3n) is 5.48. The average Bonchev–Trinajstić information content (AvgIpc) is 3.29. The van der Waals surface area contributed by atoms with E-state index in [-0.39, 0.29) is 0 Å². The molecule has 0 spiro atoms. The molecule has 0 aromatic carbocycles. The second-order valence-electron chi connectivity index (χ2n) is 7.76. The number of anilines is 2. The lowest BCUT2D eigenvalue weighted by Gasteiger charge is -2.27. The van der Waals surface area contributed by atoms with Crippen LogP contribution >= 0.6 is 0 Å². The number of ether oxygens (including phenoxy) is 1. The van der Waals surface area contributed by atoms with Crippen molar-refractivity contribution in [2.24, 2.45) is 0 Å². The van der Waals surface area contributed by atoms with Crippen molar-refractivity contribution >= 4 is 22.7 Å². The van der Waals surface area contributed by atoms with E-state index in [1.807, 2.05) is 31.5 Å². The van der Waals surface area contributed by atoms with Crippen molar-refractivity contribution in [3.8, 4) is 17.1 Å². The van der Waals surface area contributed by atoms with Crippen molar-refractivity contribution in [1.29, 1.82) is 0 Å². The van der Waals surface area contributed by atoms with Gasteiger partial charge >= 0.3 is 5.88 Å². The maximum absolute atomic E-state index is 5.22. The van der Waals surface area contributed by atoms with Crippen LogP contribution < -0.4 is 20.4 Å². The minimum absolute atomic E-state index is 0.642. The summed E-state index contributed by atoms with van der Waals surface area (Å²) in [5.41, 5.74) is 5.11. The molecule has 1 aliphatic rings. The normalized spacial score (nSPS) is 14.6. The van der Waals surface area contributed by atoms with Gasteiger partial charge in [-0.1, -0.05) is 0 Å². The van der Waals surface area contributed by atoms with Crippen LogP contribution in [0.4, 0.5) is 11.5 Å². The summed E-state index contributed by atoms with van der Waals surface area (Å²) in [7, 11) is 1.63. The van der Waals surface area contributed by atoms with Gasteiger partial charge in [0, 0.05) is 44.5 Å². The number of imidazole rings is 1. The molecule has 0 saturated carbocycles. The molecule has 1 saturated heterocycles. The Balaban J connectivity index is 1.56. The summed E-state index contributed by atoms with van der Waals surface area (Å²) < 4.78 is 5.22. The van der Waals surface area contributed by atoms with E-state index in [4.69, 9.17) is 14.7 Å². The van der Waals surface area contributed by atoms with E-state index in [0.29, 0.717) is 23.2 Å².